The Bertz CT molecular complexity index is 689. The molecule has 2 rings (SSSR count). The number of carboxylic acids is 1. The molecule has 1 aromatic heterocycles. The van der Waals surface area contributed by atoms with Gasteiger partial charge in [0.1, 0.15) is 5.75 Å². The van der Waals surface area contributed by atoms with E-state index in [4.69, 9.17) is 21.4 Å². The molecule has 21 heavy (non-hydrogen) atoms. The fourth-order valence-electron chi connectivity index (χ4n) is 1.47. The Hall–Kier alpha value is -2.28. The van der Waals surface area contributed by atoms with Crippen LogP contribution in [0.15, 0.2) is 36.5 Å². The molecule has 0 saturated carbocycles. The molecule has 0 aliphatic rings. The van der Waals surface area contributed by atoms with Crippen molar-refractivity contribution in [1.29, 1.82) is 0 Å². The normalized spacial score (nSPS) is 11.2. The van der Waals surface area contributed by atoms with Crippen LogP contribution >= 0.6 is 11.6 Å². The van der Waals surface area contributed by atoms with Crippen LogP contribution < -0.4 is 4.74 Å². The summed E-state index contributed by atoms with van der Waals surface area (Å²) in [6.07, 6.45) is -4.00. The first-order valence-electron chi connectivity index (χ1n) is 5.51. The molecule has 0 aliphatic heterocycles. The number of nitrogens with zero attached hydrogens (tertiary/aromatic N) is 1. The van der Waals surface area contributed by atoms with Crippen molar-refractivity contribution in [3.8, 4) is 11.5 Å². The maximum Gasteiger partial charge on any atom is 0.418 e. The third-order valence-electron chi connectivity index (χ3n) is 2.44. The van der Waals surface area contributed by atoms with Gasteiger partial charge in [0, 0.05) is 6.20 Å². The summed E-state index contributed by atoms with van der Waals surface area (Å²) in [4.78, 5) is 14.2. The molecule has 4 nitrogen and oxygen atoms in total. The van der Waals surface area contributed by atoms with Crippen LogP contribution in [0.2, 0.25) is 5.15 Å². The molecule has 0 spiro atoms. The highest BCUT2D eigenvalue weighted by Crippen LogP contribution is 2.35. The molecule has 1 N–H and O–H groups in total. The van der Waals surface area contributed by atoms with Crippen molar-refractivity contribution in [2.24, 2.45) is 0 Å². The second-order valence-electron chi connectivity index (χ2n) is 3.95. The van der Waals surface area contributed by atoms with E-state index in [0.717, 1.165) is 0 Å². The van der Waals surface area contributed by atoms with Crippen LogP contribution in [0, 0.1) is 0 Å². The highest BCUT2D eigenvalue weighted by atomic mass is 35.5. The third kappa shape index (κ3) is 3.63. The Labute approximate surface area is 121 Å². The van der Waals surface area contributed by atoms with Gasteiger partial charge in [0.2, 0.25) is 0 Å². The average molecular weight is 318 g/mol. The molecule has 0 radical (unpaired) electrons. The maximum absolute atomic E-state index is 12.6. The van der Waals surface area contributed by atoms with E-state index in [-0.39, 0.29) is 22.2 Å². The highest BCUT2D eigenvalue weighted by molar-refractivity contribution is 6.30. The molecule has 8 heteroatoms. The first-order chi connectivity index (χ1) is 9.77. The average Bonchev–Trinajstić information content (AvgIpc) is 2.40. The Kier molecular flexibility index (Phi) is 4.04. The predicted molar refractivity (Wildman–Crippen MR) is 67.7 cm³/mol. The number of halogens is 4. The van der Waals surface area contributed by atoms with Gasteiger partial charge in [0.05, 0.1) is 11.1 Å². The summed E-state index contributed by atoms with van der Waals surface area (Å²) < 4.78 is 43.0. The number of hydrogen-bond acceptors (Lipinski definition) is 3. The summed E-state index contributed by atoms with van der Waals surface area (Å²) in [6.45, 7) is 0. The molecule has 0 atom stereocenters. The first kappa shape index (κ1) is 15.1. The summed E-state index contributed by atoms with van der Waals surface area (Å²) in [5, 5.41) is 8.58. The van der Waals surface area contributed by atoms with Gasteiger partial charge >= 0.3 is 12.1 Å². The van der Waals surface area contributed by atoms with Crippen LogP contribution in [-0.4, -0.2) is 16.1 Å². The summed E-state index contributed by atoms with van der Waals surface area (Å²) in [7, 11) is 0. The predicted octanol–water partition coefficient (Wildman–Crippen LogP) is 4.24. The number of hydrogen-bond donors (Lipinski definition) is 1. The van der Waals surface area contributed by atoms with Gasteiger partial charge in [-0.25, -0.2) is 9.78 Å². The zero-order valence-corrected chi connectivity index (χ0v) is 10.9. The second kappa shape index (κ2) is 5.61. The standard InChI is InChI=1S/C13H7ClF3NO3/c14-11-10(5-8(6-18-11)13(15,16)17)21-9-3-1-2-7(4-9)12(19)20/h1-6H,(H,19,20). The second-order valence-corrected chi connectivity index (χ2v) is 4.30. The molecule has 0 amide bonds. The lowest BCUT2D eigenvalue weighted by molar-refractivity contribution is -0.137. The summed E-state index contributed by atoms with van der Waals surface area (Å²) in [6, 6.07) is 5.97. The topological polar surface area (TPSA) is 59.4 Å². The molecule has 1 aromatic carbocycles. The molecule has 2 aromatic rings. The number of benzene rings is 1. The number of ether oxygens (including phenoxy) is 1. The van der Waals surface area contributed by atoms with Crippen molar-refractivity contribution < 1.29 is 27.8 Å². The van der Waals surface area contributed by atoms with Gasteiger partial charge in [-0.3, -0.25) is 0 Å². The minimum Gasteiger partial charge on any atom is -0.478 e. The number of alkyl halides is 3. The molecule has 0 saturated heterocycles. The third-order valence-corrected chi connectivity index (χ3v) is 2.73. The Balaban J connectivity index is 2.35. The zero-order valence-electron chi connectivity index (χ0n) is 10.2. The summed E-state index contributed by atoms with van der Waals surface area (Å²) >= 11 is 5.68. The SMILES string of the molecule is O=C(O)c1cccc(Oc2cc(C(F)(F)F)cnc2Cl)c1. The van der Waals surface area contributed by atoms with Crippen molar-refractivity contribution in [3.63, 3.8) is 0 Å². The molecule has 1 heterocycles. The van der Waals surface area contributed by atoms with E-state index < -0.39 is 17.7 Å². The Morgan fingerprint density at radius 2 is 2.00 bits per heavy atom. The zero-order chi connectivity index (χ0) is 15.6. The van der Waals surface area contributed by atoms with Crippen LogP contribution in [0.1, 0.15) is 15.9 Å². The van der Waals surface area contributed by atoms with Crippen LogP contribution in [0.3, 0.4) is 0 Å². The lowest BCUT2D eigenvalue weighted by atomic mass is 10.2. The number of carbonyl (C=O) groups is 1. The Morgan fingerprint density at radius 1 is 1.29 bits per heavy atom. The maximum atomic E-state index is 12.6. The van der Waals surface area contributed by atoms with Gasteiger partial charge in [-0.15, -0.1) is 0 Å². The van der Waals surface area contributed by atoms with Gasteiger partial charge in [-0.05, 0) is 24.3 Å². The van der Waals surface area contributed by atoms with Crippen molar-refractivity contribution >= 4 is 17.6 Å². The molecular formula is C13H7ClF3NO3. The monoisotopic (exact) mass is 317 g/mol. The van der Waals surface area contributed by atoms with E-state index in [9.17, 15) is 18.0 Å². The van der Waals surface area contributed by atoms with Gasteiger partial charge in [0.25, 0.3) is 0 Å². The smallest absolute Gasteiger partial charge is 0.418 e. The van der Waals surface area contributed by atoms with Crippen LogP contribution in [-0.2, 0) is 6.18 Å². The van der Waals surface area contributed by atoms with Gasteiger partial charge in [-0.1, -0.05) is 17.7 Å². The number of aromatic nitrogens is 1. The molecule has 0 fully saturated rings. The molecule has 0 bridgehead atoms. The fraction of sp³-hybridized carbons (Fsp3) is 0.0769. The molecule has 0 aliphatic carbocycles. The Morgan fingerprint density at radius 3 is 2.62 bits per heavy atom. The fourth-order valence-corrected chi connectivity index (χ4v) is 1.62. The van der Waals surface area contributed by atoms with E-state index >= 15 is 0 Å². The summed E-state index contributed by atoms with van der Waals surface area (Å²) in [5.41, 5.74) is -1.08. The van der Waals surface area contributed by atoms with E-state index in [0.29, 0.717) is 12.3 Å². The van der Waals surface area contributed by atoms with E-state index in [1.165, 1.54) is 24.3 Å². The number of rotatable bonds is 3. The van der Waals surface area contributed by atoms with Crippen molar-refractivity contribution in [1.82, 2.24) is 4.98 Å². The highest BCUT2D eigenvalue weighted by Gasteiger charge is 2.32. The van der Waals surface area contributed by atoms with Crippen molar-refractivity contribution in [2.75, 3.05) is 0 Å². The number of pyridine rings is 1. The molecule has 0 unspecified atom stereocenters. The summed E-state index contributed by atoms with van der Waals surface area (Å²) in [5.74, 6) is -1.46. The quantitative estimate of drug-likeness (QED) is 0.860. The van der Waals surface area contributed by atoms with E-state index in [1.54, 1.807) is 0 Å². The minimum absolute atomic E-state index is 0.0397. The van der Waals surface area contributed by atoms with Crippen molar-refractivity contribution in [2.45, 2.75) is 6.18 Å². The van der Waals surface area contributed by atoms with Crippen LogP contribution in [0.4, 0.5) is 13.2 Å². The first-order valence-corrected chi connectivity index (χ1v) is 5.89. The number of carboxylic acid groups (broad SMARTS) is 1. The van der Waals surface area contributed by atoms with Gasteiger partial charge in [0.15, 0.2) is 10.9 Å². The largest absolute Gasteiger partial charge is 0.478 e. The van der Waals surface area contributed by atoms with Gasteiger partial charge < -0.3 is 9.84 Å². The molecular weight excluding hydrogens is 311 g/mol. The van der Waals surface area contributed by atoms with Crippen LogP contribution in [0.25, 0.3) is 0 Å². The van der Waals surface area contributed by atoms with E-state index in [2.05, 4.69) is 4.98 Å². The lowest BCUT2D eigenvalue weighted by Gasteiger charge is -2.11. The van der Waals surface area contributed by atoms with Gasteiger partial charge in [-0.2, -0.15) is 13.2 Å². The van der Waals surface area contributed by atoms with E-state index in [1.807, 2.05) is 0 Å². The van der Waals surface area contributed by atoms with Crippen LogP contribution in [0.5, 0.6) is 11.5 Å². The number of aromatic carboxylic acids is 1. The lowest BCUT2D eigenvalue weighted by Crippen LogP contribution is -2.06. The van der Waals surface area contributed by atoms with Crippen molar-refractivity contribution in [3.05, 3.63) is 52.8 Å². The molecule has 110 valence electrons. The minimum atomic E-state index is -4.58.